The molecule has 0 bridgehead atoms. The fraction of sp³-hybridized carbons (Fsp3) is 0.846. The van der Waals surface area contributed by atoms with E-state index in [0.29, 0.717) is 32.2 Å². The van der Waals surface area contributed by atoms with Gasteiger partial charge in [-0.1, -0.05) is 72.6 Å². The highest BCUT2D eigenvalue weighted by atomic mass is 16.2. The molecule has 6 N–H and O–H groups in total. The highest BCUT2D eigenvalue weighted by Crippen LogP contribution is 2.16. The number of rotatable bonds is 13. The molecule has 1 saturated heterocycles. The van der Waals surface area contributed by atoms with Crippen molar-refractivity contribution in [3.8, 4) is 0 Å². The van der Waals surface area contributed by atoms with Crippen molar-refractivity contribution in [2.45, 2.75) is 116 Å². The van der Waals surface area contributed by atoms with Crippen LogP contribution in [0, 0.1) is 11.8 Å². The van der Waals surface area contributed by atoms with E-state index in [9.17, 15) is 19.2 Å². The lowest BCUT2D eigenvalue weighted by molar-refractivity contribution is -0.133. The average Bonchev–Trinajstić information content (AvgIpc) is 2.84. The molecule has 1 rings (SSSR count). The molecule has 3 unspecified atom stereocenters. The van der Waals surface area contributed by atoms with Crippen LogP contribution < -0.4 is 27.0 Å². The van der Waals surface area contributed by atoms with Crippen LogP contribution in [0.4, 0.5) is 0 Å². The average molecular weight is 496 g/mol. The maximum absolute atomic E-state index is 13.2. The van der Waals surface area contributed by atoms with Crippen molar-refractivity contribution in [3.05, 3.63) is 0 Å². The summed E-state index contributed by atoms with van der Waals surface area (Å²) in [4.78, 5) is 51.2. The van der Waals surface area contributed by atoms with E-state index < -0.39 is 23.9 Å². The predicted octanol–water partition coefficient (Wildman–Crippen LogP) is 2.13. The van der Waals surface area contributed by atoms with E-state index in [1.54, 1.807) is 0 Å². The van der Waals surface area contributed by atoms with Gasteiger partial charge in [0.2, 0.25) is 23.6 Å². The molecule has 5 atom stereocenters. The van der Waals surface area contributed by atoms with Crippen LogP contribution in [0.5, 0.6) is 0 Å². The molecule has 9 nitrogen and oxygen atoms in total. The van der Waals surface area contributed by atoms with Gasteiger partial charge in [0.25, 0.3) is 0 Å². The van der Waals surface area contributed by atoms with Crippen molar-refractivity contribution in [2.24, 2.45) is 17.6 Å². The van der Waals surface area contributed by atoms with Gasteiger partial charge in [0.15, 0.2) is 0 Å². The fourth-order valence-electron chi connectivity index (χ4n) is 4.22. The largest absolute Gasteiger partial charge is 0.351 e. The molecule has 0 aliphatic carbocycles. The summed E-state index contributed by atoms with van der Waals surface area (Å²) in [5.74, 6) is -0.786. The zero-order chi connectivity index (χ0) is 26.2. The topological polar surface area (TPSA) is 142 Å². The number of nitrogens with one attached hydrogen (secondary N) is 4. The maximum atomic E-state index is 13.2. The van der Waals surface area contributed by atoms with Crippen molar-refractivity contribution < 1.29 is 19.2 Å². The lowest BCUT2D eigenvalue weighted by atomic mass is 9.96. The van der Waals surface area contributed by atoms with Crippen molar-refractivity contribution in [1.82, 2.24) is 21.3 Å². The standard InChI is InChI=1S/C26H49N5O4/c1-5-18(3)12-9-7-8-10-13-20-16-22(32)28-17-23(33)30-21(14-11-15-27)25(34)31-24(19(4)6-2)26(35)29-20/h18-21,24H,5-17,27H2,1-4H3,(H,28,32)(H,29,35)(H,30,33)(H,31,34)/t18?,19?,20?,21-,24-/m0/s1. The molecule has 9 heteroatoms. The molecule has 1 fully saturated rings. The van der Waals surface area contributed by atoms with Gasteiger partial charge in [-0.15, -0.1) is 0 Å². The minimum atomic E-state index is -0.811. The van der Waals surface area contributed by atoms with E-state index in [4.69, 9.17) is 5.73 Å². The molecule has 0 saturated carbocycles. The summed E-state index contributed by atoms with van der Waals surface area (Å²) in [6.07, 6.45) is 9.07. The van der Waals surface area contributed by atoms with Gasteiger partial charge in [-0.25, -0.2) is 0 Å². The third kappa shape index (κ3) is 12.4. The van der Waals surface area contributed by atoms with Crippen molar-refractivity contribution in [3.63, 3.8) is 0 Å². The first kappa shape index (κ1) is 30.9. The summed E-state index contributed by atoms with van der Waals surface area (Å²) in [6.45, 7) is 8.52. The van der Waals surface area contributed by atoms with Gasteiger partial charge in [-0.2, -0.15) is 0 Å². The van der Waals surface area contributed by atoms with Gasteiger partial charge < -0.3 is 27.0 Å². The molecule has 0 aromatic heterocycles. The Kier molecular flexibility index (Phi) is 15.3. The van der Waals surface area contributed by atoms with Crippen LogP contribution in [0.3, 0.4) is 0 Å². The molecule has 4 amide bonds. The number of amides is 4. The Hall–Kier alpha value is -2.16. The van der Waals surface area contributed by atoms with Crippen molar-refractivity contribution in [1.29, 1.82) is 0 Å². The normalized spacial score (nSPS) is 24.1. The lowest BCUT2D eigenvalue weighted by Gasteiger charge is -2.28. The summed E-state index contributed by atoms with van der Waals surface area (Å²) in [5, 5.41) is 11.2. The zero-order valence-electron chi connectivity index (χ0n) is 22.3. The lowest BCUT2D eigenvalue weighted by Crippen LogP contribution is -2.57. The van der Waals surface area contributed by atoms with Gasteiger partial charge in [0.1, 0.15) is 12.1 Å². The molecular formula is C26H49N5O4. The third-order valence-electron chi connectivity index (χ3n) is 7.06. The highest BCUT2D eigenvalue weighted by Gasteiger charge is 2.31. The first-order valence-corrected chi connectivity index (χ1v) is 13.6. The molecule has 1 heterocycles. The Morgan fingerprint density at radius 3 is 2.20 bits per heavy atom. The van der Waals surface area contributed by atoms with E-state index in [-0.39, 0.29) is 36.7 Å². The quantitative estimate of drug-likeness (QED) is 0.249. The number of carbonyl (C=O) groups excluding carboxylic acids is 4. The fourth-order valence-corrected chi connectivity index (χ4v) is 4.22. The second kappa shape index (κ2) is 17.3. The molecule has 202 valence electrons. The monoisotopic (exact) mass is 495 g/mol. The summed E-state index contributed by atoms with van der Waals surface area (Å²) >= 11 is 0. The predicted molar refractivity (Wildman–Crippen MR) is 138 cm³/mol. The Balaban J connectivity index is 2.91. The summed E-state index contributed by atoms with van der Waals surface area (Å²) in [6, 6.07) is -1.90. The summed E-state index contributed by atoms with van der Waals surface area (Å²) in [5.41, 5.74) is 5.59. The van der Waals surface area contributed by atoms with Crippen LogP contribution in [0.1, 0.15) is 98.3 Å². The molecule has 1 aliphatic heterocycles. The first-order valence-electron chi connectivity index (χ1n) is 13.6. The molecule has 0 spiro atoms. The van der Waals surface area contributed by atoms with Crippen LogP contribution in [0.2, 0.25) is 0 Å². The smallest absolute Gasteiger partial charge is 0.243 e. The molecule has 0 aromatic carbocycles. The summed E-state index contributed by atoms with van der Waals surface area (Å²) in [7, 11) is 0. The Morgan fingerprint density at radius 1 is 0.829 bits per heavy atom. The highest BCUT2D eigenvalue weighted by molar-refractivity contribution is 5.94. The third-order valence-corrected chi connectivity index (χ3v) is 7.06. The van der Waals surface area contributed by atoms with Gasteiger partial charge in [-0.05, 0) is 37.6 Å². The molecule has 0 radical (unpaired) electrons. The van der Waals surface area contributed by atoms with Crippen LogP contribution in [-0.2, 0) is 19.2 Å². The Labute approximate surface area is 211 Å². The van der Waals surface area contributed by atoms with E-state index in [1.165, 1.54) is 19.3 Å². The second-order valence-corrected chi connectivity index (χ2v) is 10.1. The maximum Gasteiger partial charge on any atom is 0.243 e. The van der Waals surface area contributed by atoms with Gasteiger partial charge in [0, 0.05) is 12.5 Å². The van der Waals surface area contributed by atoms with Crippen molar-refractivity contribution in [2.75, 3.05) is 13.1 Å². The van der Waals surface area contributed by atoms with E-state index in [2.05, 4.69) is 35.1 Å². The van der Waals surface area contributed by atoms with Gasteiger partial charge in [-0.3, -0.25) is 19.2 Å². The minimum absolute atomic E-state index is 0.101. The van der Waals surface area contributed by atoms with E-state index in [0.717, 1.165) is 25.2 Å². The first-order chi connectivity index (χ1) is 16.7. The second-order valence-electron chi connectivity index (χ2n) is 10.1. The van der Waals surface area contributed by atoms with Crippen LogP contribution in [0.15, 0.2) is 0 Å². The Bertz CT molecular complexity index is 672. The Morgan fingerprint density at radius 2 is 1.54 bits per heavy atom. The number of carbonyl (C=O) groups is 4. The molecule has 35 heavy (non-hydrogen) atoms. The number of hydrogen-bond donors (Lipinski definition) is 5. The number of nitrogens with two attached hydrogens (primary N) is 1. The zero-order valence-corrected chi connectivity index (χ0v) is 22.3. The summed E-state index contributed by atoms with van der Waals surface area (Å²) < 4.78 is 0. The molecule has 1 aliphatic rings. The molecule has 0 aromatic rings. The SMILES string of the molecule is CCC(C)CCCCCCC1CC(=O)NCC(=O)N[C@@H](CCCN)C(=O)N[C@@H](C(C)CC)C(=O)N1. The van der Waals surface area contributed by atoms with E-state index in [1.807, 2.05) is 13.8 Å². The minimum Gasteiger partial charge on any atom is -0.351 e. The van der Waals surface area contributed by atoms with Crippen LogP contribution in [-0.4, -0.2) is 54.8 Å². The molecular weight excluding hydrogens is 446 g/mol. The van der Waals surface area contributed by atoms with Crippen molar-refractivity contribution >= 4 is 23.6 Å². The number of hydrogen-bond acceptors (Lipinski definition) is 5. The van der Waals surface area contributed by atoms with Gasteiger partial charge >= 0.3 is 0 Å². The van der Waals surface area contributed by atoms with Crippen LogP contribution in [0.25, 0.3) is 0 Å². The van der Waals surface area contributed by atoms with Gasteiger partial charge in [0.05, 0.1) is 6.54 Å². The van der Waals surface area contributed by atoms with E-state index >= 15 is 0 Å². The van der Waals surface area contributed by atoms with Crippen LogP contribution >= 0.6 is 0 Å². The number of unbranched alkanes of at least 4 members (excludes halogenated alkanes) is 3.